The summed E-state index contributed by atoms with van der Waals surface area (Å²) < 4.78 is 7.05. The number of nitrogens with zero attached hydrogens (tertiary/aromatic N) is 2. The highest BCUT2D eigenvalue weighted by Crippen LogP contribution is 2.39. The Balaban J connectivity index is 1.96. The zero-order valence-corrected chi connectivity index (χ0v) is 13.0. The lowest BCUT2D eigenvalue weighted by molar-refractivity contribution is -0.0977. The van der Waals surface area contributed by atoms with Crippen molar-refractivity contribution in [2.75, 3.05) is 6.61 Å². The summed E-state index contributed by atoms with van der Waals surface area (Å²) in [6.07, 6.45) is -0.603. The van der Waals surface area contributed by atoms with Crippen LogP contribution in [-0.4, -0.2) is 48.5 Å². The van der Waals surface area contributed by atoms with Gasteiger partial charge in [0.05, 0.1) is 23.7 Å². The van der Waals surface area contributed by atoms with Crippen molar-refractivity contribution in [3.63, 3.8) is 0 Å². The summed E-state index contributed by atoms with van der Waals surface area (Å²) in [5.74, 6) is 0.304. The molecule has 1 saturated heterocycles. The lowest BCUT2D eigenvalue weighted by Crippen LogP contribution is -2.45. The van der Waals surface area contributed by atoms with Crippen LogP contribution in [0.2, 0.25) is 0 Å². The van der Waals surface area contributed by atoms with Crippen molar-refractivity contribution in [3.8, 4) is 0 Å². The van der Waals surface area contributed by atoms with Gasteiger partial charge in [-0.1, -0.05) is 12.1 Å². The van der Waals surface area contributed by atoms with E-state index in [1.807, 2.05) is 18.2 Å². The first-order valence-corrected chi connectivity index (χ1v) is 7.78. The molecule has 3 heterocycles. The average Bonchev–Trinajstić information content (AvgIpc) is 3.16. The first-order chi connectivity index (χ1) is 12.0. The molecular formula is C16H16N4O5. The third-order valence-corrected chi connectivity index (χ3v) is 4.41. The molecule has 0 saturated carbocycles. The van der Waals surface area contributed by atoms with Crippen LogP contribution in [0.5, 0.6) is 0 Å². The van der Waals surface area contributed by atoms with Crippen molar-refractivity contribution >= 4 is 11.0 Å². The van der Waals surface area contributed by atoms with E-state index < -0.39 is 35.8 Å². The number of imidazole rings is 1. The number of hydrogen-bond acceptors (Lipinski definition) is 6. The molecule has 1 aliphatic heterocycles. The predicted molar refractivity (Wildman–Crippen MR) is 87.1 cm³/mol. The highest BCUT2D eigenvalue weighted by Gasteiger charge is 2.51. The summed E-state index contributed by atoms with van der Waals surface area (Å²) in [4.78, 5) is 33.5. The third-order valence-electron chi connectivity index (χ3n) is 4.41. The number of hydrogen-bond donors (Lipinski definition) is 4. The smallest absolute Gasteiger partial charge is 0.331 e. The molecule has 9 nitrogen and oxygen atoms in total. The molecule has 2 aromatic heterocycles. The number of ether oxygens (including phenoxy) is 1. The Morgan fingerprint density at radius 3 is 2.76 bits per heavy atom. The molecule has 130 valence electrons. The highest BCUT2D eigenvalue weighted by molar-refractivity contribution is 5.74. The molecule has 1 aliphatic rings. The van der Waals surface area contributed by atoms with Crippen LogP contribution in [0, 0.1) is 0 Å². The van der Waals surface area contributed by atoms with E-state index in [-0.39, 0.29) is 6.42 Å². The van der Waals surface area contributed by atoms with Gasteiger partial charge >= 0.3 is 5.69 Å². The summed E-state index contributed by atoms with van der Waals surface area (Å²) in [6, 6.07) is 8.47. The maximum Gasteiger partial charge on any atom is 0.331 e. The van der Waals surface area contributed by atoms with Gasteiger partial charge in [0.2, 0.25) is 5.72 Å². The molecule has 1 aromatic carbocycles. The number of aromatic nitrogens is 4. The maximum atomic E-state index is 12.4. The van der Waals surface area contributed by atoms with Gasteiger partial charge in [-0.3, -0.25) is 14.3 Å². The molecule has 9 heteroatoms. The van der Waals surface area contributed by atoms with Crippen molar-refractivity contribution in [1.82, 2.24) is 19.5 Å². The summed E-state index contributed by atoms with van der Waals surface area (Å²) in [7, 11) is 0. The normalized spacial score (nSPS) is 26.3. The minimum atomic E-state index is -1.47. The maximum absolute atomic E-state index is 12.4. The molecule has 4 N–H and O–H groups in total. The van der Waals surface area contributed by atoms with Crippen LogP contribution in [-0.2, 0) is 10.5 Å². The molecule has 0 unspecified atom stereocenters. The van der Waals surface area contributed by atoms with Crippen LogP contribution in [0.1, 0.15) is 12.2 Å². The van der Waals surface area contributed by atoms with Gasteiger partial charge in [0, 0.05) is 18.7 Å². The molecular weight excluding hydrogens is 328 g/mol. The van der Waals surface area contributed by atoms with E-state index in [4.69, 9.17) is 4.74 Å². The van der Waals surface area contributed by atoms with Gasteiger partial charge in [-0.25, -0.2) is 9.78 Å². The number of nitrogens with one attached hydrogen (secondary N) is 2. The Bertz CT molecular complexity index is 1010. The number of aliphatic hydroxyl groups is 2. The number of rotatable bonds is 3. The number of aliphatic hydroxyl groups excluding tert-OH is 2. The standard InChI is InChI=1S/C16H16N4O5/c21-8-12-11(22)7-16(25-12,20-6-5-13(23)19-15(20)24)14-17-9-3-1-2-4-10(9)18-14/h1-6,11-12,21-22H,7-8H2,(H,17,18)(H,19,23,24)/t11-,12+,16-/m0/s1. The largest absolute Gasteiger partial charge is 0.394 e. The predicted octanol–water partition coefficient (Wildman–Crippen LogP) is -0.744. The topological polar surface area (TPSA) is 133 Å². The van der Waals surface area contributed by atoms with E-state index in [0.29, 0.717) is 11.3 Å². The first-order valence-electron chi connectivity index (χ1n) is 7.78. The molecule has 0 spiro atoms. The van der Waals surface area contributed by atoms with Crippen molar-refractivity contribution < 1.29 is 14.9 Å². The Hall–Kier alpha value is -2.75. The second kappa shape index (κ2) is 5.66. The molecule has 0 amide bonds. The Morgan fingerprint density at radius 1 is 1.28 bits per heavy atom. The van der Waals surface area contributed by atoms with Gasteiger partial charge in [-0.15, -0.1) is 0 Å². The summed E-state index contributed by atoms with van der Waals surface area (Å²) in [6.45, 7) is -0.415. The van der Waals surface area contributed by atoms with Crippen LogP contribution in [0.3, 0.4) is 0 Å². The number of aromatic amines is 2. The number of benzene rings is 1. The van der Waals surface area contributed by atoms with Crippen molar-refractivity contribution in [1.29, 1.82) is 0 Å². The van der Waals surface area contributed by atoms with E-state index >= 15 is 0 Å². The van der Waals surface area contributed by atoms with Crippen LogP contribution in [0.25, 0.3) is 11.0 Å². The SMILES string of the molecule is O=c1ccn([C@@]2(c3nc4ccccc4[nH]3)C[C@H](O)[C@@H](CO)O2)c(=O)[nH]1. The summed E-state index contributed by atoms with van der Waals surface area (Å²) in [5.41, 5.74) is -1.30. The zero-order chi connectivity index (χ0) is 17.6. The van der Waals surface area contributed by atoms with Crippen LogP contribution < -0.4 is 11.2 Å². The molecule has 0 bridgehead atoms. The summed E-state index contributed by atoms with van der Waals surface area (Å²) >= 11 is 0. The zero-order valence-electron chi connectivity index (χ0n) is 13.0. The Labute approximate surface area is 140 Å². The minimum Gasteiger partial charge on any atom is -0.394 e. The number of fused-ring (bicyclic) bond motifs is 1. The van der Waals surface area contributed by atoms with E-state index in [1.54, 1.807) is 6.07 Å². The monoisotopic (exact) mass is 344 g/mol. The lowest BCUT2D eigenvalue weighted by atomic mass is 10.1. The molecule has 3 atom stereocenters. The van der Waals surface area contributed by atoms with E-state index in [1.165, 1.54) is 16.8 Å². The van der Waals surface area contributed by atoms with Crippen molar-refractivity contribution in [3.05, 3.63) is 63.2 Å². The van der Waals surface area contributed by atoms with Crippen LogP contribution in [0.15, 0.2) is 46.1 Å². The van der Waals surface area contributed by atoms with Gasteiger partial charge < -0.3 is 19.9 Å². The second-order valence-corrected chi connectivity index (χ2v) is 5.98. The first kappa shape index (κ1) is 15.8. The number of H-pyrrole nitrogens is 2. The number of para-hydroxylation sites is 2. The second-order valence-electron chi connectivity index (χ2n) is 5.98. The van der Waals surface area contributed by atoms with Crippen LogP contribution >= 0.6 is 0 Å². The highest BCUT2D eigenvalue weighted by atomic mass is 16.6. The molecule has 3 aromatic rings. The molecule has 0 radical (unpaired) electrons. The quantitative estimate of drug-likeness (QED) is 0.494. The Kier molecular flexibility index (Phi) is 3.57. The van der Waals surface area contributed by atoms with Gasteiger partial charge in [0.1, 0.15) is 6.10 Å². The summed E-state index contributed by atoms with van der Waals surface area (Å²) in [5, 5.41) is 19.7. The van der Waals surface area contributed by atoms with Crippen molar-refractivity contribution in [2.24, 2.45) is 0 Å². The lowest BCUT2D eigenvalue weighted by Gasteiger charge is -2.28. The molecule has 4 rings (SSSR count). The van der Waals surface area contributed by atoms with Gasteiger partial charge in [-0.05, 0) is 12.1 Å². The van der Waals surface area contributed by atoms with E-state index in [2.05, 4.69) is 15.0 Å². The Morgan fingerprint density at radius 2 is 2.08 bits per heavy atom. The fourth-order valence-corrected chi connectivity index (χ4v) is 3.21. The minimum absolute atomic E-state index is 0.00992. The average molecular weight is 344 g/mol. The molecule has 25 heavy (non-hydrogen) atoms. The molecule has 0 aliphatic carbocycles. The van der Waals surface area contributed by atoms with E-state index in [9.17, 15) is 19.8 Å². The van der Waals surface area contributed by atoms with Gasteiger partial charge in [-0.2, -0.15) is 0 Å². The third kappa shape index (κ3) is 2.40. The van der Waals surface area contributed by atoms with Crippen molar-refractivity contribution in [2.45, 2.75) is 24.4 Å². The van der Waals surface area contributed by atoms with Gasteiger partial charge in [0.15, 0.2) is 5.82 Å². The van der Waals surface area contributed by atoms with E-state index in [0.717, 1.165) is 5.52 Å². The molecule has 1 fully saturated rings. The van der Waals surface area contributed by atoms with Crippen LogP contribution in [0.4, 0.5) is 0 Å². The fourth-order valence-electron chi connectivity index (χ4n) is 3.21. The fraction of sp³-hybridized carbons (Fsp3) is 0.312. The van der Waals surface area contributed by atoms with Gasteiger partial charge in [0.25, 0.3) is 5.56 Å².